The van der Waals surface area contributed by atoms with Gasteiger partial charge in [-0.3, -0.25) is 9.67 Å². The number of ether oxygens (including phenoxy) is 1. The number of fused-ring (bicyclic) bond motifs is 1. The lowest BCUT2D eigenvalue weighted by Gasteiger charge is -2.33. The zero-order valence-corrected chi connectivity index (χ0v) is 17.8. The molecule has 4 aromatic rings. The normalized spacial score (nSPS) is 16.8. The summed E-state index contributed by atoms with van der Waals surface area (Å²) in [5.41, 5.74) is 3.82. The first kappa shape index (κ1) is 19.8. The van der Waals surface area contributed by atoms with Gasteiger partial charge in [0, 0.05) is 54.2 Å². The van der Waals surface area contributed by atoms with Gasteiger partial charge in [-0.1, -0.05) is 11.6 Å². The van der Waals surface area contributed by atoms with Gasteiger partial charge in [-0.25, -0.2) is 14.4 Å². The molecule has 0 unspecified atom stereocenters. The summed E-state index contributed by atoms with van der Waals surface area (Å²) in [7, 11) is 1.88. The number of morpholine rings is 1. The molecule has 158 valence electrons. The first-order chi connectivity index (χ1) is 15.0. The Hall–Kier alpha value is -3.10. The van der Waals surface area contributed by atoms with Crippen LogP contribution in [0.15, 0.2) is 42.9 Å². The Kier molecular flexibility index (Phi) is 5.03. The second-order valence-electron chi connectivity index (χ2n) is 7.59. The molecular weight excluding hydrogens is 419 g/mol. The van der Waals surface area contributed by atoms with Gasteiger partial charge in [0.1, 0.15) is 23.3 Å². The van der Waals surface area contributed by atoms with E-state index >= 15 is 0 Å². The maximum Gasteiger partial charge on any atom is 0.181 e. The molecule has 4 heterocycles. The van der Waals surface area contributed by atoms with E-state index in [0.29, 0.717) is 52.8 Å². The Morgan fingerprint density at radius 1 is 1.16 bits per heavy atom. The summed E-state index contributed by atoms with van der Waals surface area (Å²) in [4.78, 5) is 15.9. The molecule has 3 aromatic heterocycles. The molecule has 0 aliphatic carbocycles. The van der Waals surface area contributed by atoms with Gasteiger partial charge in [0.2, 0.25) is 0 Å². The molecule has 5 rings (SSSR count). The number of nitrogens with zero attached hydrogens (tertiary/aromatic N) is 6. The van der Waals surface area contributed by atoms with Crippen LogP contribution < -0.4 is 4.90 Å². The average molecular weight is 439 g/mol. The van der Waals surface area contributed by atoms with Crippen molar-refractivity contribution in [3.05, 3.63) is 65.0 Å². The van der Waals surface area contributed by atoms with Crippen molar-refractivity contribution in [1.29, 1.82) is 0 Å². The topological polar surface area (TPSA) is 69.0 Å². The monoisotopic (exact) mass is 438 g/mol. The van der Waals surface area contributed by atoms with Crippen LogP contribution in [0.2, 0.25) is 5.02 Å². The molecule has 31 heavy (non-hydrogen) atoms. The van der Waals surface area contributed by atoms with Gasteiger partial charge in [0.15, 0.2) is 5.65 Å². The highest BCUT2D eigenvalue weighted by molar-refractivity contribution is 6.30. The zero-order valence-electron chi connectivity index (χ0n) is 17.1. The van der Waals surface area contributed by atoms with Crippen LogP contribution in [0.1, 0.15) is 17.4 Å². The number of hydrogen-bond acceptors (Lipinski definition) is 6. The molecule has 1 saturated heterocycles. The Morgan fingerprint density at radius 3 is 2.81 bits per heavy atom. The number of rotatable bonds is 3. The number of pyridine rings is 1. The molecule has 1 fully saturated rings. The van der Waals surface area contributed by atoms with Gasteiger partial charge in [-0.05, 0) is 31.2 Å². The third kappa shape index (κ3) is 3.84. The molecule has 1 aromatic carbocycles. The molecular formula is C22H20ClFN6O. The van der Waals surface area contributed by atoms with E-state index in [-0.39, 0.29) is 6.10 Å². The fourth-order valence-electron chi connectivity index (χ4n) is 3.81. The van der Waals surface area contributed by atoms with Crippen LogP contribution in [0.3, 0.4) is 0 Å². The Balaban J connectivity index is 1.60. The van der Waals surface area contributed by atoms with Crippen molar-refractivity contribution < 1.29 is 9.13 Å². The second kappa shape index (κ2) is 7.86. The number of benzene rings is 1. The van der Waals surface area contributed by atoms with E-state index in [2.05, 4.69) is 20.0 Å². The highest BCUT2D eigenvalue weighted by Crippen LogP contribution is 2.34. The summed E-state index contributed by atoms with van der Waals surface area (Å²) >= 11 is 5.96. The van der Waals surface area contributed by atoms with E-state index in [1.165, 1.54) is 6.07 Å². The fraction of sp³-hybridized carbons (Fsp3) is 0.273. The molecule has 0 bridgehead atoms. The molecule has 0 saturated carbocycles. The number of aromatic nitrogens is 5. The minimum Gasteiger partial charge on any atom is -0.370 e. The molecule has 0 N–H and O–H groups in total. The summed E-state index contributed by atoms with van der Waals surface area (Å²) in [5, 5.41) is 4.58. The number of aryl methyl sites for hydroxylation is 2. The quantitative estimate of drug-likeness (QED) is 0.479. The summed E-state index contributed by atoms with van der Waals surface area (Å²) in [6.07, 6.45) is 5.30. The molecule has 1 aliphatic rings. The largest absolute Gasteiger partial charge is 0.370 e. The van der Waals surface area contributed by atoms with Crippen LogP contribution in [0.25, 0.3) is 22.3 Å². The highest BCUT2D eigenvalue weighted by Gasteiger charge is 2.25. The van der Waals surface area contributed by atoms with Crippen molar-refractivity contribution in [2.45, 2.75) is 13.0 Å². The van der Waals surface area contributed by atoms with Crippen molar-refractivity contribution in [2.75, 3.05) is 24.6 Å². The summed E-state index contributed by atoms with van der Waals surface area (Å²) in [6.45, 7) is 3.67. The third-order valence-electron chi connectivity index (χ3n) is 5.33. The van der Waals surface area contributed by atoms with Crippen molar-refractivity contribution in [2.24, 2.45) is 7.05 Å². The van der Waals surface area contributed by atoms with Crippen LogP contribution in [-0.4, -0.2) is 44.4 Å². The van der Waals surface area contributed by atoms with Gasteiger partial charge in [0.25, 0.3) is 0 Å². The standard InChI is InChI=1S/C22H20ClFN6O/c1-13-9-25-21-17(16-4-3-15(23)7-18(16)24)8-20(28-22(21)27-13)30-5-6-31-19(12-30)14-10-26-29(2)11-14/h3-4,7-11,19H,5-6,12H2,1-2H3/t19-/m1/s1. The highest BCUT2D eigenvalue weighted by atomic mass is 35.5. The first-order valence-corrected chi connectivity index (χ1v) is 10.3. The van der Waals surface area contributed by atoms with Crippen LogP contribution in [0, 0.1) is 12.7 Å². The Morgan fingerprint density at radius 2 is 2.03 bits per heavy atom. The SMILES string of the molecule is Cc1cnc2c(-c3ccc(Cl)cc3F)cc(N3CCO[C@@H](c4cnn(C)c4)C3)nc2n1. The molecule has 0 radical (unpaired) electrons. The summed E-state index contributed by atoms with van der Waals surface area (Å²) in [6, 6.07) is 6.50. The number of halogens is 2. The van der Waals surface area contributed by atoms with Gasteiger partial charge in [-0.2, -0.15) is 5.10 Å². The smallest absolute Gasteiger partial charge is 0.181 e. The molecule has 1 aliphatic heterocycles. The lowest BCUT2D eigenvalue weighted by atomic mass is 10.0. The molecule has 1 atom stereocenters. The minimum atomic E-state index is -0.413. The number of anilines is 1. The zero-order chi connectivity index (χ0) is 21.5. The molecule has 0 amide bonds. The van der Waals surface area contributed by atoms with Crippen molar-refractivity contribution in [3.8, 4) is 11.1 Å². The average Bonchev–Trinajstić information content (AvgIpc) is 3.19. The maximum atomic E-state index is 14.8. The lowest BCUT2D eigenvalue weighted by Crippen LogP contribution is -2.38. The first-order valence-electron chi connectivity index (χ1n) is 9.93. The van der Waals surface area contributed by atoms with Gasteiger partial charge < -0.3 is 9.64 Å². The predicted molar refractivity (Wildman–Crippen MR) is 117 cm³/mol. The van der Waals surface area contributed by atoms with Crippen LogP contribution >= 0.6 is 11.6 Å². The van der Waals surface area contributed by atoms with E-state index in [4.69, 9.17) is 21.3 Å². The number of hydrogen-bond donors (Lipinski definition) is 0. The van der Waals surface area contributed by atoms with Crippen molar-refractivity contribution in [1.82, 2.24) is 24.7 Å². The van der Waals surface area contributed by atoms with Crippen LogP contribution in [0.4, 0.5) is 10.2 Å². The maximum absolute atomic E-state index is 14.8. The lowest BCUT2D eigenvalue weighted by molar-refractivity contribution is 0.0395. The van der Waals surface area contributed by atoms with Gasteiger partial charge in [-0.15, -0.1) is 0 Å². The Labute approximate surface area is 183 Å². The van der Waals surface area contributed by atoms with Gasteiger partial charge >= 0.3 is 0 Å². The minimum absolute atomic E-state index is 0.126. The van der Waals surface area contributed by atoms with Crippen LogP contribution in [0.5, 0.6) is 0 Å². The summed E-state index contributed by atoms with van der Waals surface area (Å²) < 4.78 is 22.5. The van der Waals surface area contributed by atoms with Crippen molar-refractivity contribution in [3.63, 3.8) is 0 Å². The third-order valence-corrected chi connectivity index (χ3v) is 5.57. The fourth-order valence-corrected chi connectivity index (χ4v) is 3.97. The van der Waals surface area contributed by atoms with E-state index in [9.17, 15) is 4.39 Å². The summed E-state index contributed by atoms with van der Waals surface area (Å²) in [5.74, 6) is 0.289. The predicted octanol–water partition coefficient (Wildman–Crippen LogP) is 4.10. The second-order valence-corrected chi connectivity index (χ2v) is 8.03. The Bertz CT molecular complexity index is 1280. The van der Waals surface area contributed by atoms with E-state index in [0.717, 1.165) is 11.3 Å². The van der Waals surface area contributed by atoms with Crippen molar-refractivity contribution >= 4 is 28.6 Å². The van der Waals surface area contributed by atoms with E-state index in [1.807, 2.05) is 32.4 Å². The molecule has 7 nitrogen and oxygen atoms in total. The van der Waals surface area contributed by atoms with E-state index < -0.39 is 5.82 Å². The van der Waals surface area contributed by atoms with Crippen LogP contribution in [-0.2, 0) is 11.8 Å². The molecule has 9 heteroatoms. The molecule has 0 spiro atoms. The van der Waals surface area contributed by atoms with Gasteiger partial charge in [0.05, 0.1) is 18.5 Å². The van der Waals surface area contributed by atoms with E-state index in [1.54, 1.807) is 23.0 Å².